The van der Waals surface area contributed by atoms with Gasteiger partial charge in [0.15, 0.2) is 11.5 Å². The van der Waals surface area contributed by atoms with Gasteiger partial charge in [-0.25, -0.2) is 0 Å². The second-order valence-corrected chi connectivity index (χ2v) is 5.16. The van der Waals surface area contributed by atoms with Gasteiger partial charge in [-0.2, -0.15) is 0 Å². The molecule has 1 aromatic carbocycles. The molecule has 0 aliphatic heterocycles. The Hall–Kier alpha value is -1.26. The van der Waals surface area contributed by atoms with Crippen LogP contribution in [0.25, 0.3) is 0 Å². The van der Waals surface area contributed by atoms with E-state index in [2.05, 4.69) is 19.2 Å². The topological polar surface area (TPSA) is 39.7 Å². The largest absolute Gasteiger partial charge is 0.493 e. The zero-order valence-electron chi connectivity index (χ0n) is 13.1. The van der Waals surface area contributed by atoms with Gasteiger partial charge >= 0.3 is 0 Å². The van der Waals surface area contributed by atoms with Crippen LogP contribution in [0.1, 0.15) is 25.8 Å². The van der Waals surface area contributed by atoms with Crippen LogP contribution in [0.3, 0.4) is 0 Å². The normalized spacial score (nSPS) is 10.8. The summed E-state index contributed by atoms with van der Waals surface area (Å²) in [5.41, 5.74) is 1.17. The highest BCUT2D eigenvalue weighted by Crippen LogP contribution is 2.27. The number of hydrogen-bond donors (Lipinski definition) is 1. The Morgan fingerprint density at radius 2 is 1.90 bits per heavy atom. The van der Waals surface area contributed by atoms with Gasteiger partial charge in [0.05, 0.1) is 13.7 Å². The van der Waals surface area contributed by atoms with E-state index >= 15 is 0 Å². The Bertz CT molecular complexity index is 380. The van der Waals surface area contributed by atoms with Crippen molar-refractivity contribution in [2.45, 2.75) is 26.8 Å². The average Bonchev–Trinajstić information content (AvgIpc) is 2.43. The molecule has 0 aromatic heterocycles. The van der Waals surface area contributed by atoms with Crippen LogP contribution in [0.5, 0.6) is 11.5 Å². The van der Waals surface area contributed by atoms with Crippen LogP contribution in [0.2, 0.25) is 0 Å². The molecular formula is C16H27NO3. The van der Waals surface area contributed by atoms with Crippen molar-refractivity contribution in [1.82, 2.24) is 5.32 Å². The fourth-order valence-corrected chi connectivity index (χ4v) is 1.78. The van der Waals surface area contributed by atoms with Gasteiger partial charge < -0.3 is 19.5 Å². The van der Waals surface area contributed by atoms with Crippen LogP contribution in [0.15, 0.2) is 18.2 Å². The van der Waals surface area contributed by atoms with Crippen LogP contribution in [-0.2, 0) is 11.3 Å². The fraction of sp³-hybridized carbons (Fsp3) is 0.625. The summed E-state index contributed by atoms with van der Waals surface area (Å²) in [6.07, 6.45) is 1.09. The minimum Gasteiger partial charge on any atom is -0.493 e. The minimum atomic E-state index is 0.541. The van der Waals surface area contributed by atoms with Gasteiger partial charge in [-0.1, -0.05) is 19.9 Å². The van der Waals surface area contributed by atoms with Crippen LogP contribution in [0, 0.1) is 5.92 Å². The van der Waals surface area contributed by atoms with Gasteiger partial charge in [-0.15, -0.1) is 0 Å². The van der Waals surface area contributed by atoms with Crippen LogP contribution >= 0.6 is 0 Å². The molecule has 0 atom stereocenters. The van der Waals surface area contributed by atoms with Crippen molar-refractivity contribution in [3.05, 3.63) is 23.8 Å². The van der Waals surface area contributed by atoms with Crippen LogP contribution in [-0.4, -0.2) is 34.0 Å². The van der Waals surface area contributed by atoms with Gasteiger partial charge in [-0.3, -0.25) is 0 Å². The van der Waals surface area contributed by atoms with E-state index in [0.717, 1.165) is 31.1 Å². The number of ether oxygens (including phenoxy) is 3. The Balaban J connectivity index is 2.35. The average molecular weight is 281 g/mol. The van der Waals surface area contributed by atoms with Crippen molar-refractivity contribution >= 4 is 0 Å². The summed E-state index contributed by atoms with van der Waals surface area (Å²) in [5.74, 6) is 2.20. The molecule has 0 bridgehead atoms. The molecule has 0 fully saturated rings. The lowest BCUT2D eigenvalue weighted by atomic mass is 10.1. The smallest absolute Gasteiger partial charge is 0.161 e. The molecule has 1 aromatic rings. The standard InChI is InChI=1S/C16H27NO3/c1-13(2)7-8-19-9-10-20-15-6-5-14(12-17-3)11-16(15)18-4/h5-6,11,13,17H,7-10,12H2,1-4H3. The molecule has 0 aliphatic rings. The second kappa shape index (κ2) is 9.61. The molecule has 0 spiro atoms. The highest BCUT2D eigenvalue weighted by Gasteiger charge is 2.05. The minimum absolute atomic E-state index is 0.541. The molecular weight excluding hydrogens is 254 g/mol. The van der Waals surface area contributed by atoms with E-state index in [-0.39, 0.29) is 0 Å². The number of rotatable bonds is 10. The Morgan fingerprint density at radius 1 is 1.10 bits per heavy atom. The van der Waals surface area contributed by atoms with E-state index in [1.54, 1.807) is 7.11 Å². The zero-order valence-corrected chi connectivity index (χ0v) is 13.1. The molecule has 20 heavy (non-hydrogen) atoms. The molecule has 114 valence electrons. The first-order valence-corrected chi connectivity index (χ1v) is 7.19. The first-order chi connectivity index (χ1) is 9.67. The monoisotopic (exact) mass is 281 g/mol. The SMILES string of the molecule is CNCc1ccc(OCCOCCC(C)C)c(OC)c1. The lowest BCUT2D eigenvalue weighted by molar-refractivity contribution is 0.0916. The molecule has 1 rings (SSSR count). The Kier molecular flexibility index (Phi) is 8.07. The summed E-state index contributed by atoms with van der Waals surface area (Å²) in [6, 6.07) is 5.97. The highest BCUT2D eigenvalue weighted by molar-refractivity contribution is 5.42. The van der Waals surface area contributed by atoms with E-state index in [0.29, 0.717) is 19.1 Å². The van der Waals surface area contributed by atoms with E-state index < -0.39 is 0 Å². The van der Waals surface area contributed by atoms with Crippen LogP contribution in [0.4, 0.5) is 0 Å². The van der Waals surface area contributed by atoms with E-state index in [4.69, 9.17) is 14.2 Å². The van der Waals surface area contributed by atoms with Crippen LogP contribution < -0.4 is 14.8 Å². The molecule has 4 heteroatoms. The summed E-state index contributed by atoms with van der Waals surface area (Å²) in [7, 11) is 3.58. The Labute approximate surface area is 122 Å². The van der Waals surface area contributed by atoms with Crippen molar-refractivity contribution in [1.29, 1.82) is 0 Å². The maximum absolute atomic E-state index is 5.70. The molecule has 0 radical (unpaired) electrons. The van der Waals surface area contributed by atoms with Crippen molar-refractivity contribution in [2.75, 3.05) is 34.0 Å². The maximum atomic E-state index is 5.70. The molecule has 0 amide bonds. The molecule has 0 saturated heterocycles. The summed E-state index contributed by atoms with van der Waals surface area (Å²) >= 11 is 0. The second-order valence-electron chi connectivity index (χ2n) is 5.16. The van der Waals surface area contributed by atoms with Gasteiger partial charge in [0.25, 0.3) is 0 Å². The molecule has 0 unspecified atom stereocenters. The predicted octanol–water partition coefficient (Wildman–Crippen LogP) is 2.86. The number of methoxy groups -OCH3 is 1. The highest BCUT2D eigenvalue weighted by atomic mass is 16.5. The lowest BCUT2D eigenvalue weighted by Crippen LogP contribution is -2.10. The summed E-state index contributed by atoms with van der Waals surface area (Å²) in [6.45, 7) is 7.14. The Morgan fingerprint density at radius 3 is 2.55 bits per heavy atom. The van der Waals surface area contributed by atoms with Crippen molar-refractivity contribution in [3.63, 3.8) is 0 Å². The maximum Gasteiger partial charge on any atom is 0.161 e. The zero-order chi connectivity index (χ0) is 14.8. The summed E-state index contributed by atoms with van der Waals surface area (Å²) in [4.78, 5) is 0. The van der Waals surface area contributed by atoms with E-state index in [9.17, 15) is 0 Å². The number of benzene rings is 1. The fourth-order valence-electron chi connectivity index (χ4n) is 1.78. The first kappa shape index (κ1) is 16.8. The van der Waals surface area contributed by atoms with Gasteiger partial charge in [-0.05, 0) is 37.1 Å². The predicted molar refractivity (Wildman–Crippen MR) is 81.5 cm³/mol. The first-order valence-electron chi connectivity index (χ1n) is 7.19. The van der Waals surface area contributed by atoms with Gasteiger partial charge in [0, 0.05) is 13.2 Å². The molecule has 1 N–H and O–H groups in total. The van der Waals surface area contributed by atoms with E-state index in [1.807, 2.05) is 25.2 Å². The van der Waals surface area contributed by atoms with Crippen molar-refractivity contribution in [3.8, 4) is 11.5 Å². The van der Waals surface area contributed by atoms with E-state index in [1.165, 1.54) is 5.56 Å². The third kappa shape index (κ3) is 6.26. The third-order valence-corrected chi connectivity index (χ3v) is 2.93. The summed E-state index contributed by atoms with van der Waals surface area (Å²) in [5, 5.41) is 3.11. The third-order valence-electron chi connectivity index (χ3n) is 2.93. The molecule has 0 aliphatic carbocycles. The van der Waals surface area contributed by atoms with Crippen molar-refractivity contribution in [2.24, 2.45) is 5.92 Å². The quantitative estimate of drug-likeness (QED) is 0.669. The molecule has 0 saturated carbocycles. The molecule has 0 heterocycles. The summed E-state index contributed by atoms with van der Waals surface area (Å²) < 4.78 is 16.6. The number of hydrogen-bond acceptors (Lipinski definition) is 4. The van der Waals surface area contributed by atoms with Crippen molar-refractivity contribution < 1.29 is 14.2 Å². The molecule has 4 nitrogen and oxygen atoms in total. The van der Waals surface area contributed by atoms with Gasteiger partial charge in [0.2, 0.25) is 0 Å². The lowest BCUT2D eigenvalue weighted by Gasteiger charge is -2.12. The van der Waals surface area contributed by atoms with Gasteiger partial charge in [0.1, 0.15) is 6.61 Å². The number of nitrogens with one attached hydrogen (secondary N) is 1.